The number of carbonyl (C=O) groups is 4. The van der Waals surface area contributed by atoms with Gasteiger partial charge in [0.1, 0.15) is 6.61 Å². The minimum Gasteiger partial charge on any atom is -0.449 e. The minimum absolute atomic E-state index is 0.0153. The zero-order chi connectivity index (χ0) is 21.3. The first kappa shape index (κ1) is 21.9. The Labute approximate surface area is 174 Å². The van der Waals surface area contributed by atoms with Crippen molar-refractivity contribution in [3.05, 3.63) is 0 Å². The summed E-state index contributed by atoms with van der Waals surface area (Å²) in [6.07, 6.45) is 2.43. The summed E-state index contributed by atoms with van der Waals surface area (Å²) in [5, 5.41) is 3.01. The molecule has 2 aliphatic carbocycles. The van der Waals surface area contributed by atoms with Crippen LogP contribution >= 0.6 is 0 Å². The minimum atomic E-state index is -1.15. The van der Waals surface area contributed by atoms with Crippen LogP contribution < -0.4 is 5.32 Å². The fourth-order valence-corrected chi connectivity index (χ4v) is 3.78. The molecule has 1 heterocycles. The van der Waals surface area contributed by atoms with E-state index in [4.69, 9.17) is 14.2 Å². The first-order valence-electron chi connectivity index (χ1n) is 10.2. The molecule has 1 aliphatic heterocycles. The Bertz CT molecular complexity index is 694. The van der Waals surface area contributed by atoms with Crippen LogP contribution in [0.1, 0.15) is 38.5 Å². The molecule has 1 saturated heterocycles. The Morgan fingerprint density at radius 1 is 0.967 bits per heavy atom. The Kier molecular flexibility index (Phi) is 7.90. The second-order valence-corrected chi connectivity index (χ2v) is 7.33. The summed E-state index contributed by atoms with van der Waals surface area (Å²) in [5.74, 6) is 6.86. The second-order valence-electron chi connectivity index (χ2n) is 7.33. The van der Waals surface area contributed by atoms with Gasteiger partial charge in [0.15, 0.2) is 0 Å². The lowest BCUT2D eigenvalue weighted by atomic mass is 10.1. The van der Waals surface area contributed by atoms with Crippen molar-refractivity contribution < 1.29 is 38.2 Å². The molecule has 3 aliphatic rings. The second kappa shape index (κ2) is 10.8. The molecule has 0 aromatic carbocycles. The third-order valence-corrected chi connectivity index (χ3v) is 5.38. The van der Waals surface area contributed by atoms with Gasteiger partial charge in [-0.05, 0) is 30.6 Å². The van der Waals surface area contributed by atoms with Gasteiger partial charge < -0.3 is 19.5 Å². The number of fused-ring (bicyclic) bond motifs is 1. The summed E-state index contributed by atoms with van der Waals surface area (Å²) in [7, 11) is 0. The molecule has 2 unspecified atom stereocenters. The first-order chi connectivity index (χ1) is 14.6. The van der Waals surface area contributed by atoms with E-state index in [1.54, 1.807) is 0 Å². The molecular formula is C20H26N2O8. The molecule has 0 aromatic heterocycles. The molecule has 10 nitrogen and oxygen atoms in total. The number of nitrogens with one attached hydrogen (secondary N) is 1. The van der Waals surface area contributed by atoms with Gasteiger partial charge >= 0.3 is 12.2 Å². The van der Waals surface area contributed by atoms with Gasteiger partial charge in [-0.25, -0.2) is 9.59 Å². The third kappa shape index (κ3) is 6.35. The molecule has 0 spiro atoms. The molecule has 0 bridgehead atoms. The molecule has 3 rings (SSSR count). The van der Waals surface area contributed by atoms with Crippen LogP contribution in [0.5, 0.6) is 0 Å². The van der Waals surface area contributed by atoms with Crippen molar-refractivity contribution in [2.45, 2.75) is 38.5 Å². The Morgan fingerprint density at radius 2 is 1.63 bits per heavy atom. The molecule has 10 heteroatoms. The van der Waals surface area contributed by atoms with Crippen LogP contribution in [0, 0.1) is 29.6 Å². The number of hydroxylamine groups is 2. The molecule has 0 radical (unpaired) electrons. The van der Waals surface area contributed by atoms with E-state index in [0.717, 1.165) is 25.7 Å². The van der Waals surface area contributed by atoms with E-state index in [9.17, 15) is 19.2 Å². The molecule has 2 fully saturated rings. The number of amides is 3. The highest BCUT2D eigenvalue weighted by Crippen LogP contribution is 2.52. The number of carbonyl (C=O) groups excluding carboxylic acids is 4. The smallest absolute Gasteiger partial charge is 0.449 e. The zero-order valence-electron chi connectivity index (χ0n) is 16.7. The van der Waals surface area contributed by atoms with Crippen molar-refractivity contribution >= 4 is 24.1 Å². The van der Waals surface area contributed by atoms with E-state index < -0.39 is 24.1 Å². The van der Waals surface area contributed by atoms with Crippen molar-refractivity contribution in [3.8, 4) is 11.8 Å². The number of imide groups is 1. The van der Waals surface area contributed by atoms with Gasteiger partial charge in [-0.3, -0.25) is 14.4 Å². The zero-order valence-corrected chi connectivity index (χ0v) is 16.7. The quantitative estimate of drug-likeness (QED) is 0.256. The Balaban J connectivity index is 1.15. The molecule has 0 aromatic rings. The fraction of sp³-hybridized carbons (Fsp3) is 0.700. The van der Waals surface area contributed by atoms with E-state index in [-0.39, 0.29) is 39.2 Å². The highest BCUT2D eigenvalue weighted by atomic mass is 16.8. The van der Waals surface area contributed by atoms with Crippen LogP contribution in [0.3, 0.4) is 0 Å². The van der Waals surface area contributed by atoms with Gasteiger partial charge in [-0.1, -0.05) is 5.06 Å². The van der Waals surface area contributed by atoms with E-state index >= 15 is 0 Å². The molecule has 1 N–H and O–H groups in total. The van der Waals surface area contributed by atoms with Gasteiger partial charge in [0.05, 0.1) is 19.8 Å². The number of rotatable bonds is 9. The normalized spacial score (nSPS) is 24.7. The van der Waals surface area contributed by atoms with E-state index in [1.165, 1.54) is 0 Å². The number of nitrogens with zero attached hydrogens (tertiary/aromatic N) is 1. The maximum absolute atomic E-state index is 11.8. The largest absolute Gasteiger partial charge is 0.534 e. The maximum Gasteiger partial charge on any atom is 0.534 e. The van der Waals surface area contributed by atoms with Crippen LogP contribution in [-0.2, 0) is 28.6 Å². The summed E-state index contributed by atoms with van der Waals surface area (Å²) in [6.45, 7) is 0.850. The lowest BCUT2D eigenvalue weighted by Crippen LogP contribution is -2.32. The van der Waals surface area contributed by atoms with Gasteiger partial charge in [0, 0.05) is 32.2 Å². The van der Waals surface area contributed by atoms with Crippen LogP contribution in [0.15, 0.2) is 0 Å². The molecule has 30 heavy (non-hydrogen) atoms. The average Bonchev–Trinajstić information content (AvgIpc) is 3.25. The monoisotopic (exact) mass is 422 g/mol. The Morgan fingerprint density at radius 3 is 2.30 bits per heavy atom. The van der Waals surface area contributed by atoms with Crippen molar-refractivity contribution in [2.24, 2.45) is 17.8 Å². The van der Waals surface area contributed by atoms with Crippen molar-refractivity contribution in [3.63, 3.8) is 0 Å². The lowest BCUT2D eigenvalue weighted by molar-refractivity contribution is -0.177. The third-order valence-electron chi connectivity index (χ3n) is 5.38. The van der Waals surface area contributed by atoms with E-state index in [0.29, 0.717) is 29.4 Å². The summed E-state index contributed by atoms with van der Waals surface area (Å²) >= 11 is 0. The van der Waals surface area contributed by atoms with Gasteiger partial charge in [-0.15, -0.1) is 11.8 Å². The number of hydrogen-bond acceptors (Lipinski definition) is 8. The van der Waals surface area contributed by atoms with Crippen LogP contribution in [0.4, 0.5) is 9.59 Å². The lowest BCUT2D eigenvalue weighted by Gasteiger charge is -2.12. The summed E-state index contributed by atoms with van der Waals surface area (Å²) in [5.41, 5.74) is 0. The molecular weight excluding hydrogens is 396 g/mol. The first-order valence-corrected chi connectivity index (χ1v) is 10.2. The summed E-state index contributed by atoms with van der Waals surface area (Å²) < 4.78 is 15.2. The SMILES string of the molecule is O=C(NCCOCCOC(=O)ON1C(=O)CCC1=O)OCC1C2CCC#CCCC21. The van der Waals surface area contributed by atoms with Gasteiger partial charge in [0.25, 0.3) is 11.8 Å². The van der Waals surface area contributed by atoms with Crippen molar-refractivity contribution in [2.75, 3.05) is 33.0 Å². The predicted molar refractivity (Wildman–Crippen MR) is 100 cm³/mol. The molecule has 2 atom stereocenters. The van der Waals surface area contributed by atoms with Gasteiger partial charge in [-0.2, -0.15) is 0 Å². The topological polar surface area (TPSA) is 120 Å². The van der Waals surface area contributed by atoms with E-state index in [1.807, 2.05) is 0 Å². The predicted octanol–water partition coefficient (Wildman–Crippen LogP) is 1.39. The summed E-state index contributed by atoms with van der Waals surface area (Å²) in [6, 6.07) is 0. The Hall–Kier alpha value is -2.80. The molecule has 164 valence electrons. The average molecular weight is 422 g/mol. The fourth-order valence-electron chi connectivity index (χ4n) is 3.78. The summed E-state index contributed by atoms with van der Waals surface area (Å²) in [4.78, 5) is 50.3. The highest BCUT2D eigenvalue weighted by Gasteiger charge is 2.49. The molecule has 3 amide bonds. The molecule has 1 saturated carbocycles. The van der Waals surface area contributed by atoms with Crippen LogP contribution in [0.2, 0.25) is 0 Å². The number of alkyl carbamates (subject to hydrolysis) is 1. The van der Waals surface area contributed by atoms with Crippen molar-refractivity contribution in [1.29, 1.82) is 0 Å². The standard InChI is InChI=1S/C20H26N2O8/c23-17-7-8-18(24)22(17)30-20(26)28-12-11-27-10-9-21-19(25)29-13-16-14-5-3-1-2-4-6-15(14)16/h14-16H,3-13H2,(H,21,25). The maximum atomic E-state index is 11.8. The number of hydrogen-bond donors (Lipinski definition) is 1. The van der Waals surface area contributed by atoms with Gasteiger partial charge in [0.2, 0.25) is 0 Å². The highest BCUT2D eigenvalue weighted by molar-refractivity contribution is 6.01. The van der Waals surface area contributed by atoms with Crippen LogP contribution in [-0.4, -0.2) is 62.1 Å². The number of ether oxygens (including phenoxy) is 3. The van der Waals surface area contributed by atoms with Crippen molar-refractivity contribution in [1.82, 2.24) is 10.4 Å². The van der Waals surface area contributed by atoms with E-state index in [2.05, 4.69) is 22.0 Å². The van der Waals surface area contributed by atoms with Crippen LogP contribution in [0.25, 0.3) is 0 Å².